The number of rotatable bonds is 5. The first-order valence-electron chi connectivity index (χ1n) is 12.5. The number of hydrogen-bond acceptors (Lipinski definition) is 8. The Bertz CT molecular complexity index is 1290. The number of nitrogens with zero attached hydrogens (tertiary/aromatic N) is 3. The third kappa shape index (κ3) is 8.26. The van der Waals surface area contributed by atoms with E-state index in [1.807, 2.05) is 41.1 Å². The highest BCUT2D eigenvalue weighted by Gasteiger charge is 2.38. The van der Waals surface area contributed by atoms with Crippen LogP contribution in [0.25, 0.3) is 0 Å². The zero-order valence-electron chi connectivity index (χ0n) is 21.3. The zero-order chi connectivity index (χ0) is 28.7. The molecule has 4 heterocycles. The number of anilines is 2. The van der Waals surface area contributed by atoms with E-state index in [0.29, 0.717) is 5.69 Å². The summed E-state index contributed by atoms with van der Waals surface area (Å²) in [5.74, 6) is -3.95. The van der Waals surface area contributed by atoms with Gasteiger partial charge >= 0.3 is 24.0 Å². The second-order valence-corrected chi connectivity index (χ2v) is 11.1. The molecule has 0 atom stereocenters. The first kappa shape index (κ1) is 29.5. The molecule has 214 valence electrons. The summed E-state index contributed by atoms with van der Waals surface area (Å²) in [5, 5.41) is 17.0. The molecule has 0 spiro atoms. The van der Waals surface area contributed by atoms with Crippen LogP contribution in [0.2, 0.25) is 0 Å². The van der Waals surface area contributed by atoms with E-state index in [1.165, 1.54) is 10.4 Å². The van der Waals surface area contributed by atoms with Crippen molar-refractivity contribution in [3.8, 4) is 0 Å². The number of nitrogens with one attached hydrogen (secondary N) is 2. The Balaban J connectivity index is 0.000000470. The number of thiazole rings is 1. The molecule has 0 saturated carbocycles. The highest BCUT2D eigenvalue weighted by molar-refractivity contribution is 7.10. The van der Waals surface area contributed by atoms with Gasteiger partial charge in [-0.05, 0) is 60.5 Å². The molecule has 0 aliphatic carbocycles. The Morgan fingerprint density at radius 2 is 1.75 bits per heavy atom. The average molecular weight is 596 g/mol. The molecule has 1 saturated heterocycles. The molecule has 0 unspecified atom stereocenters. The number of carbonyl (C=O) groups excluding carboxylic acids is 2. The zero-order valence-corrected chi connectivity index (χ0v) is 22.9. The Morgan fingerprint density at radius 1 is 1.05 bits per heavy atom. The quantitative estimate of drug-likeness (QED) is 0.380. The molecular formula is C26H28F3N5O4S2. The lowest BCUT2D eigenvalue weighted by molar-refractivity contribution is -0.192. The van der Waals surface area contributed by atoms with E-state index in [9.17, 15) is 22.8 Å². The lowest BCUT2D eigenvalue weighted by Gasteiger charge is -2.31. The Labute approximate surface area is 236 Å². The number of carbonyl (C=O) groups is 3. The van der Waals surface area contributed by atoms with Gasteiger partial charge in [0.25, 0.3) is 0 Å². The summed E-state index contributed by atoms with van der Waals surface area (Å²) < 4.78 is 31.7. The summed E-state index contributed by atoms with van der Waals surface area (Å²) in [5.41, 5.74) is 6.09. The van der Waals surface area contributed by atoms with Gasteiger partial charge in [0.05, 0.1) is 11.2 Å². The SMILES string of the molecule is O=C(Nc1ccc(N2CCc3sccc3C2)cc1)C(=O)NC1CCN(Cc2cscn2)CC1.O=C(O)C(F)(F)F. The molecule has 2 aliphatic heterocycles. The van der Waals surface area contributed by atoms with Crippen LogP contribution >= 0.6 is 22.7 Å². The number of halogens is 3. The number of piperidine rings is 1. The highest BCUT2D eigenvalue weighted by atomic mass is 32.1. The predicted molar refractivity (Wildman–Crippen MR) is 146 cm³/mol. The molecule has 14 heteroatoms. The van der Waals surface area contributed by atoms with Gasteiger partial charge in [0.2, 0.25) is 0 Å². The second-order valence-electron chi connectivity index (χ2n) is 9.35. The van der Waals surface area contributed by atoms with Crippen molar-refractivity contribution in [3.05, 3.63) is 62.7 Å². The maximum absolute atomic E-state index is 12.4. The second kappa shape index (κ2) is 13.2. The van der Waals surface area contributed by atoms with Crippen molar-refractivity contribution in [3.63, 3.8) is 0 Å². The van der Waals surface area contributed by atoms with Crippen molar-refractivity contribution in [2.24, 2.45) is 0 Å². The number of fused-ring (bicyclic) bond motifs is 1. The average Bonchev–Trinajstić information content (AvgIpc) is 3.62. The van der Waals surface area contributed by atoms with Crippen molar-refractivity contribution >= 4 is 51.8 Å². The number of alkyl halides is 3. The van der Waals surface area contributed by atoms with Crippen LogP contribution in [0.5, 0.6) is 0 Å². The summed E-state index contributed by atoms with van der Waals surface area (Å²) >= 11 is 3.44. The molecule has 1 fully saturated rings. The molecule has 3 aromatic rings. The van der Waals surface area contributed by atoms with Gasteiger partial charge in [0.15, 0.2) is 0 Å². The Hall–Kier alpha value is -3.49. The third-order valence-electron chi connectivity index (χ3n) is 6.54. The molecule has 9 nitrogen and oxygen atoms in total. The van der Waals surface area contributed by atoms with E-state index < -0.39 is 24.0 Å². The normalized spacial score (nSPS) is 15.9. The topological polar surface area (TPSA) is 115 Å². The largest absolute Gasteiger partial charge is 0.490 e. The lowest BCUT2D eigenvalue weighted by atomic mass is 10.0. The van der Waals surface area contributed by atoms with E-state index in [-0.39, 0.29) is 6.04 Å². The van der Waals surface area contributed by atoms with Crippen molar-refractivity contribution in [2.45, 2.75) is 44.6 Å². The molecule has 2 amide bonds. The number of amides is 2. The van der Waals surface area contributed by atoms with E-state index in [0.717, 1.165) is 63.4 Å². The highest BCUT2D eigenvalue weighted by Crippen LogP contribution is 2.28. The molecular weight excluding hydrogens is 567 g/mol. The fraction of sp³-hybridized carbons (Fsp3) is 0.385. The Kier molecular flexibility index (Phi) is 9.76. The van der Waals surface area contributed by atoms with Crippen LogP contribution < -0.4 is 15.5 Å². The molecule has 2 aliphatic rings. The number of carboxylic acid groups (broad SMARTS) is 1. The Morgan fingerprint density at radius 3 is 2.38 bits per heavy atom. The minimum Gasteiger partial charge on any atom is -0.475 e. The number of thiophene rings is 1. The molecule has 0 bridgehead atoms. The van der Waals surface area contributed by atoms with E-state index in [1.54, 1.807) is 11.3 Å². The van der Waals surface area contributed by atoms with Gasteiger partial charge in [-0.3, -0.25) is 14.5 Å². The van der Waals surface area contributed by atoms with E-state index >= 15 is 0 Å². The van der Waals surface area contributed by atoms with Crippen molar-refractivity contribution < 1.29 is 32.7 Å². The van der Waals surface area contributed by atoms with Gasteiger partial charge in [-0.15, -0.1) is 22.7 Å². The van der Waals surface area contributed by atoms with E-state index in [2.05, 4.69) is 42.2 Å². The van der Waals surface area contributed by atoms with Gasteiger partial charge in [-0.25, -0.2) is 9.78 Å². The van der Waals surface area contributed by atoms with Crippen LogP contribution in [0.4, 0.5) is 24.5 Å². The van der Waals surface area contributed by atoms with Gasteiger partial charge in [-0.1, -0.05) is 0 Å². The number of likely N-dealkylation sites (tertiary alicyclic amines) is 1. The summed E-state index contributed by atoms with van der Waals surface area (Å²) in [6, 6.07) is 9.95. The number of aromatic nitrogens is 1. The standard InChI is InChI=1S/C24H27N5O2S2.C2HF3O2/c30-23(24(31)27-19-5-9-28(10-6-19)14-20-15-32-16-25-20)26-18-1-3-21(4-2-18)29-11-7-22-17(13-29)8-12-33-22;3-2(4,5)1(6)7/h1-4,8,12,15-16,19H,5-7,9-11,13-14H2,(H,26,30)(H,27,31);(H,6,7). The third-order valence-corrected chi connectivity index (χ3v) is 8.20. The number of benzene rings is 1. The van der Waals surface area contributed by atoms with Gasteiger partial charge < -0.3 is 20.6 Å². The molecule has 1 aromatic carbocycles. The molecule has 2 aromatic heterocycles. The predicted octanol–water partition coefficient (Wildman–Crippen LogP) is 4.12. The minimum atomic E-state index is -5.08. The summed E-state index contributed by atoms with van der Waals surface area (Å²) in [6.45, 7) is 4.51. The fourth-order valence-corrected chi connectivity index (χ4v) is 5.88. The van der Waals surface area contributed by atoms with Crippen LogP contribution in [0.1, 0.15) is 29.0 Å². The molecule has 40 heavy (non-hydrogen) atoms. The van der Waals surface area contributed by atoms with Crippen LogP contribution in [0, 0.1) is 0 Å². The maximum Gasteiger partial charge on any atom is 0.490 e. The summed E-state index contributed by atoms with van der Waals surface area (Å²) in [6.07, 6.45) is -2.35. The summed E-state index contributed by atoms with van der Waals surface area (Å²) in [7, 11) is 0. The summed E-state index contributed by atoms with van der Waals surface area (Å²) in [4.78, 5) is 44.2. The van der Waals surface area contributed by atoms with Gasteiger partial charge in [-0.2, -0.15) is 13.2 Å². The smallest absolute Gasteiger partial charge is 0.475 e. The number of hydrogen-bond donors (Lipinski definition) is 3. The van der Waals surface area contributed by atoms with Crippen molar-refractivity contribution in [1.29, 1.82) is 0 Å². The van der Waals surface area contributed by atoms with Gasteiger partial charge in [0.1, 0.15) is 0 Å². The number of carboxylic acids is 1. The monoisotopic (exact) mass is 595 g/mol. The molecule has 5 rings (SSSR count). The van der Waals surface area contributed by atoms with Crippen LogP contribution in [-0.2, 0) is 33.9 Å². The van der Waals surface area contributed by atoms with E-state index in [4.69, 9.17) is 9.90 Å². The van der Waals surface area contributed by atoms with Crippen LogP contribution in [0.3, 0.4) is 0 Å². The molecule has 3 N–H and O–H groups in total. The fourth-order valence-electron chi connectivity index (χ4n) is 4.44. The first-order chi connectivity index (χ1) is 19.1. The van der Waals surface area contributed by atoms with Crippen LogP contribution in [0.15, 0.2) is 46.6 Å². The minimum absolute atomic E-state index is 0.0263. The lowest BCUT2D eigenvalue weighted by Crippen LogP contribution is -2.47. The van der Waals surface area contributed by atoms with Crippen LogP contribution in [-0.4, -0.2) is 64.6 Å². The van der Waals surface area contributed by atoms with Crippen molar-refractivity contribution in [1.82, 2.24) is 15.2 Å². The van der Waals surface area contributed by atoms with Crippen molar-refractivity contribution in [2.75, 3.05) is 29.9 Å². The number of aliphatic carboxylic acids is 1. The maximum atomic E-state index is 12.4. The van der Waals surface area contributed by atoms with Gasteiger partial charge in [0, 0.05) is 60.4 Å². The molecule has 0 radical (unpaired) electrons. The first-order valence-corrected chi connectivity index (χ1v) is 14.3.